The molecule has 0 radical (unpaired) electrons. The van der Waals surface area contributed by atoms with Crippen LogP contribution in [0.5, 0.6) is 0 Å². The van der Waals surface area contributed by atoms with Crippen LogP contribution in [0.2, 0.25) is 0 Å². The van der Waals surface area contributed by atoms with Gasteiger partial charge in [-0.05, 0) is 21.0 Å². The number of nitrogens with two attached hydrogens (primary N) is 1. The highest BCUT2D eigenvalue weighted by molar-refractivity contribution is 5.51. The number of nitrogen functional groups attached to an aromatic ring is 1. The van der Waals surface area contributed by atoms with Gasteiger partial charge in [-0.3, -0.25) is 0 Å². The number of rotatable bonds is 1. The summed E-state index contributed by atoms with van der Waals surface area (Å²) < 4.78 is 0. The monoisotopic (exact) mass is 288 g/mol. The third kappa shape index (κ3) is 1.72. The van der Waals surface area contributed by atoms with Gasteiger partial charge in [0.2, 0.25) is 5.95 Å². The quantitative estimate of drug-likeness (QED) is 0.788. The molecule has 1 aromatic heterocycles. The van der Waals surface area contributed by atoms with Crippen molar-refractivity contribution in [2.75, 3.05) is 64.0 Å². The second-order valence-electron chi connectivity index (χ2n) is 7.50. The Morgan fingerprint density at radius 1 is 1.00 bits per heavy atom. The van der Waals surface area contributed by atoms with Crippen molar-refractivity contribution < 1.29 is 0 Å². The molecule has 6 heteroatoms. The zero-order valence-electron chi connectivity index (χ0n) is 13.1. The summed E-state index contributed by atoms with van der Waals surface area (Å²) in [5, 5.41) is 0. The first-order chi connectivity index (χ1) is 9.93. The van der Waals surface area contributed by atoms with Crippen LogP contribution < -0.4 is 10.6 Å². The normalized spacial score (nSPS) is 36.2. The van der Waals surface area contributed by atoms with Gasteiger partial charge in [0.15, 0.2) is 0 Å². The minimum Gasteiger partial charge on any atom is -0.368 e. The molecule has 3 aliphatic rings. The van der Waals surface area contributed by atoms with Gasteiger partial charge in [0, 0.05) is 61.9 Å². The van der Waals surface area contributed by atoms with E-state index in [1.54, 1.807) is 0 Å². The summed E-state index contributed by atoms with van der Waals surface area (Å²) in [5.74, 6) is 1.41. The Kier molecular flexibility index (Phi) is 2.58. The molecule has 114 valence electrons. The minimum atomic E-state index is 0.377. The van der Waals surface area contributed by atoms with E-state index in [4.69, 9.17) is 5.73 Å². The molecule has 6 nitrogen and oxygen atoms in total. The molecular weight excluding hydrogens is 264 g/mol. The molecule has 0 unspecified atom stereocenters. The highest BCUT2D eigenvalue weighted by atomic mass is 15.3. The molecule has 0 saturated carbocycles. The topological polar surface area (TPSA) is 61.5 Å². The SMILES string of the molecule is Cc1cnc(N)nc1N1CC23CN(C)CC2(CN(C)C3)C1. The van der Waals surface area contributed by atoms with E-state index in [0.717, 1.165) is 24.5 Å². The highest BCUT2D eigenvalue weighted by Crippen LogP contribution is 2.56. The molecule has 0 aromatic carbocycles. The number of hydrogen-bond acceptors (Lipinski definition) is 6. The fourth-order valence-electron chi connectivity index (χ4n) is 5.19. The molecule has 0 atom stereocenters. The maximum Gasteiger partial charge on any atom is 0.221 e. The van der Waals surface area contributed by atoms with E-state index in [-0.39, 0.29) is 0 Å². The van der Waals surface area contributed by atoms with Crippen molar-refractivity contribution in [3.8, 4) is 0 Å². The Bertz CT molecular complexity index is 548. The number of aryl methyl sites for hydroxylation is 1. The van der Waals surface area contributed by atoms with Crippen molar-refractivity contribution in [3.05, 3.63) is 11.8 Å². The molecule has 0 aliphatic carbocycles. The maximum atomic E-state index is 5.80. The number of aromatic nitrogens is 2. The van der Waals surface area contributed by atoms with E-state index >= 15 is 0 Å². The third-order valence-corrected chi connectivity index (χ3v) is 5.67. The van der Waals surface area contributed by atoms with Crippen LogP contribution in [0.1, 0.15) is 5.56 Å². The van der Waals surface area contributed by atoms with Crippen LogP contribution in [-0.4, -0.2) is 73.1 Å². The summed E-state index contributed by atoms with van der Waals surface area (Å²) in [4.78, 5) is 16.1. The molecule has 3 aliphatic heterocycles. The van der Waals surface area contributed by atoms with Crippen molar-refractivity contribution in [2.24, 2.45) is 10.8 Å². The molecule has 0 amide bonds. The lowest BCUT2D eigenvalue weighted by Crippen LogP contribution is -2.38. The number of anilines is 2. The van der Waals surface area contributed by atoms with Gasteiger partial charge in [-0.25, -0.2) is 4.98 Å². The van der Waals surface area contributed by atoms with Gasteiger partial charge in [-0.1, -0.05) is 0 Å². The second-order valence-corrected chi connectivity index (χ2v) is 7.50. The molecule has 1 aromatic rings. The fraction of sp³-hybridized carbons (Fsp3) is 0.733. The van der Waals surface area contributed by atoms with Crippen molar-refractivity contribution in [2.45, 2.75) is 6.92 Å². The van der Waals surface area contributed by atoms with Crippen LogP contribution in [0.3, 0.4) is 0 Å². The van der Waals surface area contributed by atoms with Crippen LogP contribution in [0, 0.1) is 17.8 Å². The Morgan fingerprint density at radius 2 is 1.52 bits per heavy atom. The number of likely N-dealkylation sites (tertiary alicyclic amines) is 2. The summed E-state index contributed by atoms with van der Waals surface area (Å²) in [6, 6.07) is 0. The molecule has 4 heterocycles. The van der Waals surface area contributed by atoms with Gasteiger partial charge >= 0.3 is 0 Å². The Hall–Kier alpha value is -1.40. The average Bonchev–Trinajstić information content (AvgIpc) is 2.86. The Balaban J connectivity index is 1.71. The van der Waals surface area contributed by atoms with Crippen LogP contribution in [0.15, 0.2) is 6.20 Å². The predicted octanol–water partition coefficient (Wildman–Crippen LogP) is 0.0508. The van der Waals surface area contributed by atoms with Gasteiger partial charge < -0.3 is 20.4 Å². The molecular formula is C15H24N6. The molecule has 0 bridgehead atoms. The summed E-state index contributed by atoms with van der Waals surface area (Å²) in [7, 11) is 4.51. The van der Waals surface area contributed by atoms with Gasteiger partial charge in [0.05, 0.1) is 0 Å². The number of hydrogen-bond donors (Lipinski definition) is 1. The second kappa shape index (κ2) is 4.08. The first-order valence-corrected chi connectivity index (χ1v) is 7.64. The highest BCUT2D eigenvalue weighted by Gasteiger charge is 2.66. The summed E-state index contributed by atoms with van der Waals surface area (Å²) in [6.07, 6.45) is 1.84. The van der Waals surface area contributed by atoms with Gasteiger partial charge in [-0.2, -0.15) is 4.98 Å². The lowest BCUT2D eigenvalue weighted by molar-refractivity contribution is 0.241. The number of nitrogens with zero attached hydrogens (tertiary/aromatic N) is 5. The third-order valence-electron chi connectivity index (χ3n) is 5.67. The Labute approximate surface area is 125 Å². The van der Waals surface area contributed by atoms with E-state index in [9.17, 15) is 0 Å². The van der Waals surface area contributed by atoms with Crippen molar-refractivity contribution in [3.63, 3.8) is 0 Å². The van der Waals surface area contributed by atoms with Crippen molar-refractivity contribution in [1.29, 1.82) is 0 Å². The molecule has 21 heavy (non-hydrogen) atoms. The van der Waals surface area contributed by atoms with Crippen LogP contribution >= 0.6 is 0 Å². The molecule has 3 saturated heterocycles. The van der Waals surface area contributed by atoms with Gasteiger partial charge in [0.1, 0.15) is 5.82 Å². The Morgan fingerprint density at radius 3 is 2.05 bits per heavy atom. The molecule has 4 rings (SSSR count). The van der Waals surface area contributed by atoms with Crippen LogP contribution in [0.25, 0.3) is 0 Å². The maximum absolute atomic E-state index is 5.80. The molecule has 0 spiro atoms. The molecule has 2 N–H and O–H groups in total. The average molecular weight is 288 g/mol. The summed E-state index contributed by atoms with van der Waals surface area (Å²) in [6.45, 7) is 8.99. The smallest absolute Gasteiger partial charge is 0.221 e. The van der Waals surface area contributed by atoms with Crippen LogP contribution in [0.4, 0.5) is 11.8 Å². The lowest BCUT2D eigenvalue weighted by Gasteiger charge is -2.29. The van der Waals surface area contributed by atoms with E-state index in [2.05, 4.69) is 45.7 Å². The van der Waals surface area contributed by atoms with Crippen LogP contribution in [-0.2, 0) is 0 Å². The summed E-state index contributed by atoms with van der Waals surface area (Å²) in [5.41, 5.74) is 7.68. The standard InChI is InChI=1S/C15H24N6/c1-11-4-17-13(16)18-12(11)21-9-14-5-19(2)6-15(14,10-21)8-20(3)7-14/h4H,5-10H2,1-3H3,(H2,16,17,18). The minimum absolute atomic E-state index is 0.377. The van der Waals surface area contributed by atoms with E-state index in [0.29, 0.717) is 16.8 Å². The van der Waals surface area contributed by atoms with E-state index in [1.807, 2.05) is 6.20 Å². The predicted molar refractivity (Wildman–Crippen MR) is 83.3 cm³/mol. The first-order valence-electron chi connectivity index (χ1n) is 7.64. The van der Waals surface area contributed by atoms with Crippen molar-refractivity contribution >= 4 is 11.8 Å². The van der Waals surface area contributed by atoms with E-state index < -0.39 is 0 Å². The van der Waals surface area contributed by atoms with E-state index in [1.165, 1.54) is 26.2 Å². The fourth-order valence-corrected chi connectivity index (χ4v) is 5.19. The lowest BCUT2D eigenvalue weighted by atomic mass is 9.71. The molecule has 3 fully saturated rings. The largest absolute Gasteiger partial charge is 0.368 e. The first kappa shape index (κ1) is 13.3. The zero-order chi connectivity index (χ0) is 14.8. The zero-order valence-corrected chi connectivity index (χ0v) is 13.1. The van der Waals surface area contributed by atoms with Gasteiger partial charge in [-0.15, -0.1) is 0 Å². The van der Waals surface area contributed by atoms with Gasteiger partial charge in [0.25, 0.3) is 0 Å². The summed E-state index contributed by atoms with van der Waals surface area (Å²) >= 11 is 0. The van der Waals surface area contributed by atoms with Crippen molar-refractivity contribution in [1.82, 2.24) is 19.8 Å².